The van der Waals surface area contributed by atoms with Gasteiger partial charge in [-0.15, -0.1) is 0 Å². The number of amides is 1. The third kappa shape index (κ3) is 3.89. The third-order valence-electron chi connectivity index (χ3n) is 5.45. The first-order chi connectivity index (χ1) is 10.6. The van der Waals surface area contributed by atoms with Gasteiger partial charge in [-0.25, -0.2) is 0 Å². The average molecular weight is 300 g/mol. The minimum atomic E-state index is 0.240. The molecular formula is C19H28N2O. The number of rotatable bonds is 4. The number of carbonyl (C=O) groups excluding carboxylic acids is 1. The highest BCUT2D eigenvalue weighted by atomic mass is 16.1. The number of piperidine rings is 1. The zero-order valence-electron chi connectivity index (χ0n) is 13.7. The maximum atomic E-state index is 12.3. The molecule has 0 saturated carbocycles. The Balaban J connectivity index is 1.46. The van der Waals surface area contributed by atoms with E-state index < -0.39 is 0 Å². The molecule has 1 saturated heterocycles. The van der Waals surface area contributed by atoms with Crippen molar-refractivity contribution in [3.8, 4) is 0 Å². The van der Waals surface area contributed by atoms with Crippen LogP contribution in [0, 0.1) is 11.3 Å². The summed E-state index contributed by atoms with van der Waals surface area (Å²) >= 11 is 0. The van der Waals surface area contributed by atoms with Crippen molar-refractivity contribution in [2.45, 2.75) is 45.4 Å². The summed E-state index contributed by atoms with van der Waals surface area (Å²) in [7, 11) is 0. The van der Waals surface area contributed by atoms with Gasteiger partial charge in [-0.3, -0.25) is 4.79 Å². The molecule has 0 spiro atoms. The molecule has 1 aliphatic heterocycles. The van der Waals surface area contributed by atoms with Crippen molar-refractivity contribution in [1.82, 2.24) is 10.6 Å². The molecule has 3 rings (SSSR count). The second-order valence-electron chi connectivity index (χ2n) is 7.42. The van der Waals surface area contributed by atoms with Gasteiger partial charge in [0.15, 0.2) is 0 Å². The summed E-state index contributed by atoms with van der Waals surface area (Å²) in [4.78, 5) is 12.3. The van der Waals surface area contributed by atoms with Crippen molar-refractivity contribution < 1.29 is 4.79 Å². The Labute approximate surface area is 133 Å². The van der Waals surface area contributed by atoms with Crippen LogP contribution in [0.25, 0.3) is 0 Å². The molecule has 0 aromatic heterocycles. The fourth-order valence-corrected chi connectivity index (χ4v) is 3.80. The van der Waals surface area contributed by atoms with E-state index in [-0.39, 0.29) is 11.3 Å². The van der Waals surface area contributed by atoms with Crippen LogP contribution < -0.4 is 10.6 Å². The molecule has 1 unspecified atom stereocenters. The molecule has 1 amide bonds. The summed E-state index contributed by atoms with van der Waals surface area (Å²) in [6.07, 6.45) is 6.32. The normalized spacial score (nSPS) is 23.6. The van der Waals surface area contributed by atoms with Crippen molar-refractivity contribution in [2.24, 2.45) is 11.3 Å². The highest BCUT2D eigenvalue weighted by Gasteiger charge is 2.27. The predicted octanol–water partition coefficient (Wildman–Crippen LogP) is 2.69. The van der Waals surface area contributed by atoms with Gasteiger partial charge in [0.25, 0.3) is 0 Å². The van der Waals surface area contributed by atoms with E-state index >= 15 is 0 Å². The lowest BCUT2D eigenvalue weighted by molar-refractivity contribution is -0.122. The Hall–Kier alpha value is -1.35. The van der Waals surface area contributed by atoms with Crippen molar-refractivity contribution in [3.05, 3.63) is 35.4 Å². The Bertz CT molecular complexity index is 520. The van der Waals surface area contributed by atoms with Gasteiger partial charge in [0, 0.05) is 13.0 Å². The maximum absolute atomic E-state index is 12.3. The molecule has 2 N–H and O–H groups in total. The fourth-order valence-electron chi connectivity index (χ4n) is 3.80. The van der Waals surface area contributed by atoms with Gasteiger partial charge < -0.3 is 10.6 Å². The molecule has 1 aromatic rings. The lowest BCUT2D eigenvalue weighted by atomic mass is 9.80. The van der Waals surface area contributed by atoms with Crippen LogP contribution in [0.4, 0.5) is 0 Å². The monoisotopic (exact) mass is 300 g/mol. The van der Waals surface area contributed by atoms with Crippen molar-refractivity contribution in [2.75, 3.05) is 19.6 Å². The van der Waals surface area contributed by atoms with Gasteiger partial charge in [-0.2, -0.15) is 0 Å². The van der Waals surface area contributed by atoms with Crippen LogP contribution in [0.2, 0.25) is 0 Å². The molecule has 1 aromatic carbocycles. The Morgan fingerprint density at radius 1 is 1.27 bits per heavy atom. The first kappa shape index (κ1) is 15.5. The summed E-state index contributed by atoms with van der Waals surface area (Å²) in [5.74, 6) is 0.750. The van der Waals surface area contributed by atoms with Gasteiger partial charge in [0.2, 0.25) is 5.91 Å². The molecule has 3 heteroatoms. The van der Waals surface area contributed by atoms with Crippen LogP contribution in [0.15, 0.2) is 24.3 Å². The first-order valence-corrected chi connectivity index (χ1v) is 8.69. The zero-order chi connectivity index (χ0) is 15.4. The van der Waals surface area contributed by atoms with Crippen molar-refractivity contribution in [1.29, 1.82) is 0 Å². The van der Waals surface area contributed by atoms with Crippen LogP contribution in [0.5, 0.6) is 0 Å². The van der Waals surface area contributed by atoms with E-state index in [1.165, 1.54) is 11.1 Å². The van der Waals surface area contributed by atoms with E-state index in [1.807, 2.05) is 0 Å². The minimum absolute atomic E-state index is 0.240. The van der Waals surface area contributed by atoms with Crippen molar-refractivity contribution >= 4 is 5.91 Å². The summed E-state index contributed by atoms with van der Waals surface area (Å²) < 4.78 is 0. The van der Waals surface area contributed by atoms with Gasteiger partial charge in [0.1, 0.15) is 0 Å². The molecule has 3 nitrogen and oxygen atoms in total. The van der Waals surface area contributed by atoms with Crippen molar-refractivity contribution in [3.63, 3.8) is 0 Å². The number of benzene rings is 1. The summed E-state index contributed by atoms with van der Waals surface area (Å²) in [6.45, 7) is 5.28. The standard InChI is InChI=1S/C19H28N2O/c1-19(8-10-20-11-9-19)14-21-18(22)13-15-6-7-16-4-2-3-5-17(16)12-15/h2-5,15,20H,6-14H2,1H3,(H,21,22). The largest absolute Gasteiger partial charge is 0.356 e. The van der Waals surface area contributed by atoms with E-state index in [4.69, 9.17) is 0 Å². The molecule has 1 fully saturated rings. The first-order valence-electron chi connectivity index (χ1n) is 8.69. The molecule has 2 aliphatic rings. The Morgan fingerprint density at radius 2 is 2.00 bits per heavy atom. The quantitative estimate of drug-likeness (QED) is 0.897. The zero-order valence-corrected chi connectivity index (χ0v) is 13.7. The molecule has 1 heterocycles. The molecule has 120 valence electrons. The van der Waals surface area contributed by atoms with E-state index in [9.17, 15) is 4.79 Å². The Kier molecular flexibility index (Phi) is 4.82. The summed E-state index contributed by atoms with van der Waals surface area (Å²) in [5.41, 5.74) is 3.19. The lowest BCUT2D eigenvalue weighted by Gasteiger charge is -2.34. The average Bonchev–Trinajstić information content (AvgIpc) is 2.54. The number of hydrogen-bond donors (Lipinski definition) is 2. The number of nitrogens with one attached hydrogen (secondary N) is 2. The second-order valence-corrected chi connectivity index (χ2v) is 7.42. The highest BCUT2D eigenvalue weighted by Crippen LogP contribution is 2.28. The smallest absolute Gasteiger partial charge is 0.220 e. The number of fused-ring (bicyclic) bond motifs is 1. The second kappa shape index (κ2) is 6.82. The van der Waals surface area contributed by atoms with Gasteiger partial charge >= 0.3 is 0 Å². The molecule has 1 atom stereocenters. The minimum Gasteiger partial charge on any atom is -0.356 e. The number of hydrogen-bond acceptors (Lipinski definition) is 2. The highest BCUT2D eigenvalue weighted by molar-refractivity contribution is 5.76. The van der Waals surface area contributed by atoms with E-state index in [0.717, 1.165) is 51.7 Å². The van der Waals surface area contributed by atoms with Crippen LogP contribution in [0.3, 0.4) is 0 Å². The van der Waals surface area contributed by atoms with E-state index in [1.54, 1.807) is 0 Å². The summed E-state index contributed by atoms with van der Waals surface area (Å²) in [5, 5.41) is 6.59. The van der Waals surface area contributed by atoms with Crippen LogP contribution in [-0.4, -0.2) is 25.5 Å². The Morgan fingerprint density at radius 3 is 2.77 bits per heavy atom. The molecule has 1 aliphatic carbocycles. The third-order valence-corrected chi connectivity index (χ3v) is 5.45. The fraction of sp³-hybridized carbons (Fsp3) is 0.632. The number of aryl methyl sites for hydroxylation is 1. The molecule has 22 heavy (non-hydrogen) atoms. The predicted molar refractivity (Wildman–Crippen MR) is 89.8 cm³/mol. The lowest BCUT2D eigenvalue weighted by Crippen LogP contribution is -2.43. The van der Waals surface area contributed by atoms with E-state index in [2.05, 4.69) is 41.8 Å². The maximum Gasteiger partial charge on any atom is 0.220 e. The number of carbonyl (C=O) groups is 1. The summed E-state index contributed by atoms with van der Waals surface area (Å²) in [6, 6.07) is 8.67. The van der Waals surface area contributed by atoms with E-state index in [0.29, 0.717) is 12.3 Å². The van der Waals surface area contributed by atoms with Crippen LogP contribution in [0.1, 0.15) is 43.7 Å². The molecule has 0 radical (unpaired) electrons. The van der Waals surface area contributed by atoms with Crippen LogP contribution in [-0.2, 0) is 17.6 Å². The molecule has 0 bridgehead atoms. The van der Waals surface area contributed by atoms with Crippen LogP contribution >= 0.6 is 0 Å². The van der Waals surface area contributed by atoms with Gasteiger partial charge in [0.05, 0.1) is 0 Å². The topological polar surface area (TPSA) is 41.1 Å². The van der Waals surface area contributed by atoms with Gasteiger partial charge in [-0.1, -0.05) is 31.2 Å². The molecular weight excluding hydrogens is 272 g/mol. The van der Waals surface area contributed by atoms with Gasteiger partial charge in [-0.05, 0) is 67.7 Å². The SMILES string of the molecule is CC1(CNC(=O)CC2CCc3ccccc3C2)CCNCC1.